The molecule has 0 saturated heterocycles. The lowest BCUT2D eigenvalue weighted by Crippen LogP contribution is -2.30. The van der Waals surface area contributed by atoms with Crippen LogP contribution in [0.2, 0.25) is 10.0 Å². The van der Waals surface area contributed by atoms with Crippen LogP contribution >= 0.6 is 34.5 Å². The Balaban J connectivity index is 1.88. The highest BCUT2D eigenvalue weighted by Crippen LogP contribution is 2.27. The van der Waals surface area contributed by atoms with Gasteiger partial charge in [0.15, 0.2) is 6.61 Å². The molecule has 0 N–H and O–H groups in total. The van der Waals surface area contributed by atoms with Gasteiger partial charge in [-0.05, 0) is 18.2 Å². The van der Waals surface area contributed by atoms with Crippen LogP contribution in [0, 0.1) is 0 Å². The van der Waals surface area contributed by atoms with Crippen molar-refractivity contribution in [3.63, 3.8) is 0 Å². The molecule has 0 bridgehead atoms. The van der Waals surface area contributed by atoms with E-state index in [4.69, 9.17) is 27.9 Å². The number of hydrogen-bond donors (Lipinski definition) is 0. The second-order valence-corrected chi connectivity index (χ2v) is 5.86. The van der Waals surface area contributed by atoms with Gasteiger partial charge in [-0.1, -0.05) is 23.2 Å². The molecule has 0 aliphatic heterocycles. The summed E-state index contributed by atoms with van der Waals surface area (Å²) in [4.78, 5) is 17.6. The van der Waals surface area contributed by atoms with Crippen molar-refractivity contribution in [1.29, 1.82) is 0 Å². The summed E-state index contributed by atoms with van der Waals surface area (Å²) in [6, 6.07) is 4.87. The maximum Gasteiger partial charge on any atom is 0.260 e. The molecule has 20 heavy (non-hydrogen) atoms. The maximum absolute atomic E-state index is 11.9. The lowest BCUT2D eigenvalue weighted by atomic mass is 10.3. The first-order chi connectivity index (χ1) is 9.56. The molecule has 0 radical (unpaired) electrons. The van der Waals surface area contributed by atoms with Crippen molar-refractivity contribution in [3.05, 3.63) is 44.8 Å². The van der Waals surface area contributed by atoms with Crippen LogP contribution in [-0.2, 0) is 11.3 Å². The number of hydrogen-bond acceptors (Lipinski definition) is 4. The van der Waals surface area contributed by atoms with Crippen LogP contribution in [0.15, 0.2) is 29.8 Å². The van der Waals surface area contributed by atoms with E-state index in [1.54, 1.807) is 36.3 Å². The monoisotopic (exact) mass is 330 g/mol. The fraction of sp³-hybridized carbons (Fsp3) is 0.231. The number of nitrogens with zero attached hydrogens (tertiary/aromatic N) is 2. The topological polar surface area (TPSA) is 42.4 Å². The van der Waals surface area contributed by atoms with E-state index in [2.05, 4.69) is 4.98 Å². The highest BCUT2D eigenvalue weighted by molar-refractivity contribution is 7.09. The first-order valence-electron chi connectivity index (χ1n) is 5.76. The number of rotatable bonds is 5. The van der Waals surface area contributed by atoms with Gasteiger partial charge in [-0.2, -0.15) is 0 Å². The van der Waals surface area contributed by atoms with Gasteiger partial charge in [0.25, 0.3) is 5.91 Å². The van der Waals surface area contributed by atoms with Crippen LogP contribution < -0.4 is 4.74 Å². The van der Waals surface area contributed by atoms with E-state index in [1.165, 1.54) is 11.3 Å². The van der Waals surface area contributed by atoms with Crippen molar-refractivity contribution in [2.24, 2.45) is 0 Å². The van der Waals surface area contributed by atoms with Crippen LogP contribution in [0.25, 0.3) is 0 Å². The lowest BCUT2D eigenvalue weighted by molar-refractivity contribution is -0.132. The summed E-state index contributed by atoms with van der Waals surface area (Å²) in [6.45, 7) is 0.386. The number of carbonyl (C=O) groups is 1. The summed E-state index contributed by atoms with van der Waals surface area (Å²) in [6.07, 6.45) is 1.71. The van der Waals surface area contributed by atoms with Gasteiger partial charge in [0.1, 0.15) is 10.8 Å². The molecule has 1 aromatic carbocycles. The zero-order valence-electron chi connectivity index (χ0n) is 10.7. The van der Waals surface area contributed by atoms with Crippen LogP contribution in [0.4, 0.5) is 0 Å². The molecule has 0 fully saturated rings. The molecule has 106 valence electrons. The molecule has 0 unspecified atom stereocenters. The highest BCUT2D eigenvalue weighted by Gasteiger charge is 2.12. The van der Waals surface area contributed by atoms with E-state index in [1.807, 2.05) is 5.38 Å². The molecule has 0 aliphatic rings. The smallest absolute Gasteiger partial charge is 0.260 e. The van der Waals surface area contributed by atoms with E-state index in [-0.39, 0.29) is 12.5 Å². The second kappa shape index (κ2) is 6.92. The summed E-state index contributed by atoms with van der Waals surface area (Å²) >= 11 is 13.3. The first kappa shape index (κ1) is 15.1. The second-order valence-electron chi connectivity index (χ2n) is 4.04. The van der Waals surface area contributed by atoms with Crippen molar-refractivity contribution in [3.8, 4) is 5.75 Å². The molecule has 1 amide bonds. The molecule has 1 aromatic heterocycles. The average Bonchev–Trinajstić information content (AvgIpc) is 2.90. The molecule has 1 heterocycles. The third kappa shape index (κ3) is 4.10. The van der Waals surface area contributed by atoms with Gasteiger partial charge >= 0.3 is 0 Å². The number of thiazole rings is 1. The molecule has 0 saturated carbocycles. The zero-order valence-corrected chi connectivity index (χ0v) is 13.0. The van der Waals surface area contributed by atoms with Crippen LogP contribution in [-0.4, -0.2) is 29.4 Å². The number of amides is 1. The number of carbonyl (C=O) groups excluding carboxylic acids is 1. The Hall–Kier alpha value is -1.30. The third-order valence-electron chi connectivity index (χ3n) is 2.53. The number of ether oxygens (including phenoxy) is 1. The predicted molar refractivity (Wildman–Crippen MR) is 80.5 cm³/mol. The average molecular weight is 331 g/mol. The molecular weight excluding hydrogens is 319 g/mol. The zero-order chi connectivity index (χ0) is 14.5. The van der Waals surface area contributed by atoms with Crippen LogP contribution in [0.1, 0.15) is 5.01 Å². The summed E-state index contributed by atoms with van der Waals surface area (Å²) in [5, 5.41) is 3.66. The minimum absolute atomic E-state index is 0.0801. The van der Waals surface area contributed by atoms with Gasteiger partial charge in [0.05, 0.1) is 11.6 Å². The first-order valence-corrected chi connectivity index (χ1v) is 7.40. The molecular formula is C13H12Cl2N2O2S. The largest absolute Gasteiger partial charge is 0.482 e. The summed E-state index contributed by atoms with van der Waals surface area (Å²) < 4.78 is 5.40. The number of halogens is 2. The highest BCUT2D eigenvalue weighted by atomic mass is 35.5. The van der Waals surface area contributed by atoms with E-state index in [0.717, 1.165) is 5.01 Å². The molecule has 2 aromatic rings. The normalized spacial score (nSPS) is 10.3. The quantitative estimate of drug-likeness (QED) is 0.842. The Morgan fingerprint density at radius 1 is 1.45 bits per heavy atom. The summed E-state index contributed by atoms with van der Waals surface area (Å²) in [5.41, 5.74) is 0. The third-order valence-corrected chi connectivity index (χ3v) is 3.82. The van der Waals surface area contributed by atoms with Gasteiger partial charge in [0, 0.05) is 23.6 Å². The van der Waals surface area contributed by atoms with Gasteiger partial charge in [-0.25, -0.2) is 4.98 Å². The minimum atomic E-state index is -0.147. The van der Waals surface area contributed by atoms with E-state index in [9.17, 15) is 4.79 Å². The Bertz CT molecular complexity index is 590. The number of aromatic nitrogens is 1. The lowest BCUT2D eigenvalue weighted by Gasteiger charge is -2.16. The molecule has 4 nitrogen and oxygen atoms in total. The minimum Gasteiger partial charge on any atom is -0.482 e. The van der Waals surface area contributed by atoms with Crippen molar-refractivity contribution < 1.29 is 9.53 Å². The van der Waals surface area contributed by atoms with Crippen molar-refractivity contribution >= 4 is 40.4 Å². The Morgan fingerprint density at radius 3 is 2.90 bits per heavy atom. The number of likely N-dealkylation sites (N-methyl/N-ethyl adjacent to an activating group) is 1. The van der Waals surface area contributed by atoms with Crippen molar-refractivity contribution in [1.82, 2.24) is 9.88 Å². The summed E-state index contributed by atoms with van der Waals surface area (Å²) in [7, 11) is 1.70. The Morgan fingerprint density at radius 2 is 2.25 bits per heavy atom. The van der Waals surface area contributed by atoms with E-state index in [0.29, 0.717) is 22.3 Å². The fourth-order valence-electron chi connectivity index (χ4n) is 1.46. The molecule has 2 rings (SSSR count). The number of benzene rings is 1. The van der Waals surface area contributed by atoms with Gasteiger partial charge in [-0.3, -0.25) is 4.79 Å². The predicted octanol–water partition coefficient (Wildman–Crippen LogP) is 3.49. The van der Waals surface area contributed by atoms with Crippen LogP contribution in [0.5, 0.6) is 5.75 Å². The molecule has 0 spiro atoms. The van der Waals surface area contributed by atoms with Gasteiger partial charge < -0.3 is 9.64 Å². The molecule has 0 atom stereocenters. The molecule has 0 aliphatic carbocycles. The Kier molecular flexibility index (Phi) is 5.23. The van der Waals surface area contributed by atoms with E-state index < -0.39 is 0 Å². The fourth-order valence-corrected chi connectivity index (χ4v) is 2.60. The summed E-state index contributed by atoms with van der Waals surface area (Å²) in [5.74, 6) is 0.290. The molecule has 7 heteroatoms. The van der Waals surface area contributed by atoms with Gasteiger partial charge in [-0.15, -0.1) is 11.3 Å². The van der Waals surface area contributed by atoms with Crippen molar-refractivity contribution in [2.45, 2.75) is 6.54 Å². The SMILES string of the molecule is CN(Cc1nccs1)C(=O)COc1ccc(Cl)cc1Cl. The maximum atomic E-state index is 11.9. The van der Waals surface area contributed by atoms with Crippen LogP contribution in [0.3, 0.4) is 0 Å². The van der Waals surface area contributed by atoms with Gasteiger partial charge in [0.2, 0.25) is 0 Å². The standard InChI is InChI=1S/C13H12Cl2N2O2S/c1-17(7-12-16-4-5-20-12)13(18)8-19-11-3-2-9(14)6-10(11)15/h2-6H,7-8H2,1H3. The van der Waals surface area contributed by atoms with Crippen molar-refractivity contribution in [2.75, 3.05) is 13.7 Å². The Labute approximate surface area is 130 Å². The van der Waals surface area contributed by atoms with E-state index >= 15 is 0 Å².